The largest absolute Gasteiger partial charge is 0.494 e. The molecule has 216 valence electrons. The highest BCUT2D eigenvalue weighted by atomic mass is 31.1. The molecule has 0 saturated carbocycles. The number of aromatic nitrogens is 5. The number of nitrogens with zero attached hydrogens (tertiary/aromatic N) is 7. The lowest BCUT2D eigenvalue weighted by Gasteiger charge is -2.35. The number of hydrogen-bond acceptors (Lipinski definition) is 9. The first-order chi connectivity index (χ1) is 19.4. The number of carbonyl (C=O) groups is 1. The van der Waals surface area contributed by atoms with E-state index >= 15 is 0 Å². The van der Waals surface area contributed by atoms with Crippen LogP contribution in [0.4, 0.5) is 23.0 Å². The predicted molar refractivity (Wildman–Crippen MR) is 172 cm³/mol. The van der Waals surface area contributed by atoms with Gasteiger partial charge < -0.3 is 19.9 Å². The minimum absolute atomic E-state index is 0.0115. The number of hydrogen-bond donors (Lipinski definition) is 1. The summed E-state index contributed by atoms with van der Waals surface area (Å²) in [6, 6.07) is 11.8. The smallest absolute Gasteiger partial charge is 0.184 e. The molecule has 1 N–H and O–H groups in total. The van der Waals surface area contributed by atoms with Crippen LogP contribution in [0, 0.1) is 0 Å². The molecule has 0 saturated heterocycles. The zero-order valence-corrected chi connectivity index (χ0v) is 26.9. The summed E-state index contributed by atoms with van der Waals surface area (Å²) in [5, 5.41) is 7.74. The highest BCUT2D eigenvalue weighted by molar-refractivity contribution is 7.39. The molecule has 41 heavy (non-hydrogen) atoms. The molecule has 0 aliphatic heterocycles. The van der Waals surface area contributed by atoms with Crippen LogP contribution < -0.4 is 15.0 Å². The van der Waals surface area contributed by atoms with E-state index in [4.69, 9.17) is 4.74 Å². The maximum absolute atomic E-state index is 13.0. The number of anilines is 4. The third-order valence-electron chi connectivity index (χ3n) is 6.73. The maximum Gasteiger partial charge on any atom is 0.184 e. The van der Waals surface area contributed by atoms with Gasteiger partial charge in [-0.05, 0) is 37.9 Å². The van der Waals surface area contributed by atoms with E-state index < -0.39 is 0 Å². The van der Waals surface area contributed by atoms with E-state index in [1.54, 1.807) is 24.3 Å². The molecular weight excluding hydrogens is 554 g/mol. The summed E-state index contributed by atoms with van der Waals surface area (Å²) >= 11 is 0. The van der Waals surface area contributed by atoms with Gasteiger partial charge in [-0.1, -0.05) is 26.0 Å². The van der Waals surface area contributed by atoms with Crippen molar-refractivity contribution in [2.75, 3.05) is 38.5 Å². The zero-order chi connectivity index (χ0) is 29.9. The molecule has 3 heterocycles. The number of pyridine rings is 2. The fraction of sp³-hybridized carbons (Fsp3) is 0.345. The lowest BCUT2D eigenvalue weighted by atomic mass is 10.0. The Labute approximate surface area is 246 Å². The molecule has 0 bridgehead atoms. The number of ether oxygens (including phenoxy) is 1. The molecule has 3 unspecified atom stereocenters. The molecule has 4 aromatic rings. The summed E-state index contributed by atoms with van der Waals surface area (Å²) in [5.74, 6) is 2.35. The SMILES string of the molecule is CCC(=O)c1cnc(Nc2ccc(C(N(C)C)C(C)(P)P)cn2)cc1N(C)c1cccc(-c2ncn(C)n2)c1OC. The second-order valence-electron chi connectivity index (χ2n) is 10.4. The van der Waals surface area contributed by atoms with Gasteiger partial charge in [0.25, 0.3) is 0 Å². The summed E-state index contributed by atoms with van der Waals surface area (Å²) in [7, 11) is 15.2. The van der Waals surface area contributed by atoms with Crippen molar-refractivity contribution in [1.82, 2.24) is 29.6 Å². The first-order valence-electron chi connectivity index (χ1n) is 13.2. The molecule has 0 aliphatic carbocycles. The molecule has 0 fully saturated rings. The van der Waals surface area contributed by atoms with Gasteiger partial charge in [-0.25, -0.2) is 15.0 Å². The summed E-state index contributed by atoms with van der Waals surface area (Å²) < 4.78 is 7.49. The van der Waals surface area contributed by atoms with Gasteiger partial charge in [0, 0.05) is 49.9 Å². The third kappa shape index (κ3) is 6.72. The van der Waals surface area contributed by atoms with Crippen LogP contribution in [0.2, 0.25) is 0 Å². The van der Waals surface area contributed by atoms with Crippen molar-refractivity contribution < 1.29 is 9.53 Å². The van der Waals surface area contributed by atoms with Gasteiger partial charge >= 0.3 is 0 Å². The lowest BCUT2D eigenvalue weighted by Crippen LogP contribution is -2.32. The third-order valence-corrected chi connectivity index (χ3v) is 7.36. The standard InChI is InChI=1S/C29H38N8O2P2/c1-8-23(38)20-16-31-25(33-24-13-12-18(15-30-24)27(35(3)4)29(2,40)41)14-22(20)37(6)21-11-9-10-19(26(21)39-7)28-32-17-36(5)34-28/h9-17,27H,8,40-41H2,1-7H3,(H,30,31,33). The van der Waals surface area contributed by atoms with Crippen LogP contribution in [-0.2, 0) is 7.05 Å². The number of nitrogens with one attached hydrogen (secondary N) is 1. The molecule has 0 spiro atoms. The van der Waals surface area contributed by atoms with Crippen molar-refractivity contribution in [1.29, 1.82) is 0 Å². The van der Waals surface area contributed by atoms with Gasteiger partial charge in [-0.15, -0.1) is 18.5 Å². The van der Waals surface area contributed by atoms with Crippen molar-refractivity contribution in [2.24, 2.45) is 7.05 Å². The van der Waals surface area contributed by atoms with Gasteiger partial charge in [-0.2, -0.15) is 5.10 Å². The van der Waals surface area contributed by atoms with E-state index in [0.29, 0.717) is 40.9 Å². The van der Waals surface area contributed by atoms with Crippen molar-refractivity contribution in [3.63, 3.8) is 0 Å². The second kappa shape index (κ2) is 12.6. The first kappa shape index (κ1) is 30.5. The fourth-order valence-corrected chi connectivity index (χ4v) is 5.93. The molecule has 0 radical (unpaired) electrons. The normalized spacial score (nSPS) is 12.3. The summed E-state index contributed by atoms with van der Waals surface area (Å²) in [5.41, 5.74) is 3.81. The Morgan fingerprint density at radius 1 is 1.07 bits per heavy atom. The van der Waals surface area contributed by atoms with Crippen molar-refractivity contribution in [3.8, 4) is 17.1 Å². The molecule has 3 atom stereocenters. The van der Waals surface area contributed by atoms with E-state index in [0.717, 1.165) is 16.8 Å². The Bertz CT molecular complexity index is 1520. The fourth-order valence-electron chi connectivity index (χ4n) is 4.95. The van der Waals surface area contributed by atoms with Gasteiger partial charge in [0.1, 0.15) is 18.0 Å². The van der Waals surface area contributed by atoms with Crippen molar-refractivity contribution >= 4 is 47.3 Å². The molecule has 3 aromatic heterocycles. The Kier molecular flexibility index (Phi) is 9.37. The van der Waals surface area contributed by atoms with Crippen LogP contribution in [0.5, 0.6) is 5.75 Å². The minimum atomic E-state index is -0.117. The number of carbonyl (C=O) groups excluding carboxylic acids is 1. The quantitative estimate of drug-likeness (QED) is 0.180. The van der Waals surface area contributed by atoms with Crippen molar-refractivity contribution in [2.45, 2.75) is 31.2 Å². The lowest BCUT2D eigenvalue weighted by molar-refractivity contribution is 0.0988. The van der Waals surface area contributed by atoms with Crippen LogP contribution in [0.1, 0.15) is 42.2 Å². The molecule has 0 aliphatic rings. The van der Waals surface area contributed by atoms with E-state index in [2.05, 4.69) is 75.8 Å². The zero-order valence-electron chi connectivity index (χ0n) is 24.6. The number of aryl methyl sites for hydroxylation is 1. The molecule has 4 rings (SSSR count). The molecule has 1 aromatic carbocycles. The molecular formula is C29H38N8O2P2. The van der Waals surface area contributed by atoms with Crippen molar-refractivity contribution in [3.05, 3.63) is 66.2 Å². The number of Topliss-reactive ketones (excluding diaryl/α,β-unsaturated/α-hetero) is 1. The Balaban J connectivity index is 1.71. The minimum Gasteiger partial charge on any atom is -0.494 e. The number of para-hydroxylation sites is 1. The van der Waals surface area contributed by atoms with E-state index in [-0.39, 0.29) is 16.7 Å². The van der Waals surface area contributed by atoms with Gasteiger partial charge in [0.05, 0.1) is 29.6 Å². The van der Waals surface area contributed by atoms with E-state index in [1.807, 2.05) is 62.4 Å². The Morgan fingerprint density at radius 2 is 1.80 bits per heavy atom. The van der Waals surface area contributed by atoms with Crippen LogP contribution in [0.25, 0.3) is 11.4 Å². The van der Waals surface area contributed by atoms with Gasteiger partial charge in [0.15, 0.2) is 17.4 Å². The number of benzene rings is 1. The number of methoxy groups -OCH3 is 1. The van der Waals surface area contributed by atoms with Crippen LogP contribution in [-0.4, -0.2) is 68.6 Å². The van der Waals surface area contributed by atoms with Crippen LogP contribution in [0.15, 0.2) is 55.1 Å². The molecule has 10 nitrogen and oxygen atoms in total. The topological polar surface area (TPSA) is 101 Å². The molecule has 12 heteroatoms. The van der Waals surface area contributed by atoms with Crippen LogP contribution >= 0.6 is 18.5 Å². The Morgan fingerprint density at radius 3 is 2.37 bits per heavy atom. The van der Waals surface area contributed by atoms with Gasteiger partial charge in [0.2, 0.25) is 0 Å². The first-order valence-corrected chi connectivity index (χ1v) is 14.4. The summed E-state index contributed by atoms with van der Waals surface area (Å²) in [4.78, 5) is 30.5. The maximum atomic E-state index is 13.0. The Hall–Kier alpha value is -3.45. The monoisotopic (exact) mass is 592 g/mol. The summed E-state index contributed by atoms with van der Waals surface area (Å²) in [6.45, 7) is 3.99. The average molecular weight is 593 g/mol. The summed E-state index contributed by atoms with van der Waals surface area (Å²) in [6.07, 6.45) is 5.49. The van der Waals surface area contributed by atoms with E-state index in [1.165, 1.54) is 0 Å². The van der Waals surface area contributed by atoms with Crippen LogP contribution in [0.3, 0.4) is 0 Å². The predicted octanol–water partition coefficient (Wildman–Crippen LogP) is 5.45. The highest BCUT2D eigenvalue weighted by Gasteiger charge is 2.29. The molecule has 0 amide bonds. The van der Waals surface area contributed by atoms with Gasteiger partial charge in [-0.3, -0.25) is 9.48 Å². The number of ketones is 1. The second-order valence-corrected chi connectivity index (χ2v) is 13.5. The van der Waals surface area contributed by atoms with E-state index in [9.17, 15) is 4.79 Å². The highest BCUT2D eigenvalue weighted by Crippen LogP contribution is 2.43. The average Bonchev–Trinajstić information content (AvgIpc) is 3.37. The number of rotatable bonds is 11.